The standard InChI is InChI=1S/C26H54O21.4C2H4.16CH4/c27-1-5-35-9-21(10-36-6-2-28)39-13-25(14-40-22(11-37-7-3-29)12-38-8-4-30)47-26(15-41-23(17-43-31)18-44-32)16-42-24(19-45-33)20-46-34;4*1-2;;;;;;;;;;;;;;;;/h21-34H,1-20H2;4*1-2H2;16*1H4. The Hall–Kier alpha value is -1.88. The van der Waals surface area contributed by atoms with Gasteiger partial charge < -0.3 is 63.1 Å². The van der Waals surface area contributed by atoms with Crippen LogP contribution in [0.5, 0.6) is 0 Å². The molecule has 0 saturated heterocycles. The van der Waals surface area contributed by atoms with Gasteiger partial charge >= 0.3 is 0 Å². The van der Waals surface area contributed by atoms with Gasteiger partial charge in [0.2, 0.25) is 0 Å². The van der Waals surface area contributed by atoms with Crippen LogP contribution >= 0.6 is 0 Å². The lowest BCUT2D eigenvalue weighted by molar-refractivity contribution is -0.301. The molecule has 0 aromatic heterocycles. The first kappa shape index (κ1) is 139. The molecule has 21 heteroatoms. The molecule has 0 aromatic rings. The van der Waals surface area contributed by atoms with Gasteiger partial charge in [-0.15, -0.1) is 52.6 Å². The molecule has 0 fully saturated rings. The maximum absolute atomic E-state index is 9.08. The van der Waals surface area contributed by atoms with Crippen LogP contribution in [-0.4, -0.2) is 210 Å². The van der Waals surface area contributed by atoms with E-state index in [2.05, 4.69) is 72.2 Å². The predicted octanol–water partition coefficient (Wildman–Crippen LogP) is 10.7. The maximum atomic E-state index is 9.08. The van der Waals surface area contributed by atoms with E-state index in [4.69, 9.17) is 84.1 Å². The van der Waals surface area contributed by atoms with Crippen molar-refractivity contribution in [2.45, 2.75) is 155 Å². The van der Waals surface area contributed by atoms with Gasteiger partial charge in [-0.25, -0.2) is 19.6 Å². The summed E-state index contributed by atoms with van der Waals surface area (Å²) in [6.07, 6.45) is -4.98. The molecule has 0 heterocycles. The Labute approximate surface area is 443 Å². The molecular formula is C50H134O21. The highest BCUT2D eigenvalue weighted by molar-refractivity contribution is 4.69. The zero-order valence-electron chi connectivity index (χ0n) is 32.1. The minimum atomic E-state index is -0.937. The zero-order chi connectivity index (χ0) is 42.8. The van der Waals surface area contributed by atoms with Gasteiger partial charge in [0.1, 0.15) is 63.1 Å². The first-order chi connectivity index (χ1) is 27.0. The molecule has 0 aliphatic heterocycles. The summed E-state index contributed by atoms with van der Waals surface area (Å²) in [5, 5.41) is 71.7. The van der Waals surface area contributed by atoms with Crippen LogP contribution in [0.2, 0.25) is 0 Å². The Kier molecular flexibility index (Phi) is 248. The molecule has 0 aromatic carbocycles. The summed E-state index contributed by atoms with van der Waals surface area (Å²) in [5.74, 6) is 0. The average molecular weight is 1070 g/mol. The van der Waals surface area contributed by atoms with Crippen molar-refractivity contribution in [3.63, 3.8) is 0 Å². The van der Waals surface area contributed by atoms with Crippen LogP contribution in [0.4, 0.5) is 0 Å². The van der Waals surface area contributed by atoms with Crippen molar-refractivity contribution in [3.8, 4) is 0 Å². The van der Waals surface area contributed by atoms with E-state index >= 15 is 0 Å². The van der Waals surface area contributed by atoms with E-state index in [-0.39, 0.29) is 251 Å². The fourth-order valence-electron chi connectivity index (χ4n) is 3.53. The molecule has 0 unspecified atom stereocenters. The molecule has 460 valence electrons. The van der Waals surface area contributed by atoms with Crippen LogP contribution in [-0.2, 0) is 62.2 Å². The lowest BCUT2D eigenvalue weighted by atomic mass is 10.3. The van der Waals surface area contributed by atoms with Gasteiger partial charge in [0.25, 0.3) is 0 Å². The Morgan fingerprint density at radius 1 is 0.239 bits per heavy atom. The normalized spacial score (nSPS) is 8.42. The number of hydrogen-bond donors (Lipinski definition) is 8. The second-order valence-electron chi connectivity index (χ2n) is 9.58. The summed E-state index contributed by atoms with van der Waals surface area (Å²) >= 11 is 0. The zero-order valence-corrected chi connectivity index (χ0v) is 32.1. The van der Waals surface area contributed by atoms with E-state index < -0.39 is 36.6 Å². The Balaban J connectivity index is -0.0000000520. The van der Waals surface area contributed by atoms with Gasteiger partial charge in [0.05, 0.1) is 106 Å². The Morgan fingerprint density at radius 3 is 0.535 bits per heavy atom. The van der Waals surface area contributed by atoms with E-state index in [9.17, 15) is 0 Å². The van der Waals surface area contributed by atoms with Crippen molar-refractivity contribution in [2.75, 3.05) is 132 Å². The minimum absolute atomic E-state index is 0. The van der Waals surface area contributed by atoms with Gasteiger partial charge in [-0.3, -0.25) is 21.0 Å². The van der Waals surface area contributed by atoms with Crippen molar-refractivity contribution >= 4 is 0 Å². The molecule has 0 saturated carbocycles. The van der Waals surface area contributed by atoms with Gasteiger partial charge in [0.15, 0.2) is 0 Å². The molecule has 0 radical (unpaired) electrons. The van der Waals surface area contributed by atoms with Crippen molar-refractivity contribution in [1.29, 1.82) is 0 Å². The molecule has 8 N–H and O–H groups in total. The van der Waals surface area contributed by atoms with Crippen molar-refractivity contribution in [1.82, 2.24) is 0 Å². The molecule has 71 heavy (non-hydrogen) atoms. The van der Waals surface area contributed by atoms with Gasteiger partial charge in [-0.2, -0.15) is 0 Å². The minimum Gasteiger partial charge on any atom is -0.394 e. The summed E-state index contributed by atoms with van der Waals surface area (Å²) in [5.41, 5.74) is 0. The molecule has 0 aliphatic rings. The van der Waals surface area contributed by atoms with Gasteiger partial charge in [-0.1, -0.05) is 119 Å². The lowest BCUT2D eigenvalue weighted by Crippen LogP contribution is -2.41. The highest BCUT2D eigenvalue weighted by Gasteiger charge is 2.25. The molecule has 0 amide bonds. The summed E-state index contributed by atoms with van der Waals surface area (Å²) in [4.78, 5) is 16.4. The van der Waals surface area contributed by atoms with Crippen molar-refractivity contribution in [3.05, 3.63) is 52.6 Å². The summed E-state index contributed by atoms with van der Waals surface area (Å²) in [7, 11) is 0. The number of aliphatic hydroxyl groups excluding tert-OH is 4. The summed E-state index contributed by atoms with van der Waals surface area (Å²) in [6, 6.07) is 0. The number of ether oxygens (including phenoxy) is 9. The fraction of sp³-hybridized carbons (Fsp3) is 0.840. The third-order valence-corrected chi connectivity index (χ3v) is 5.66. The average Bonchev–Trinajstić information content (AvgIpc) is 3.22. The Bertz CT molecular complexity index is 610. The highest BCUT2D eigenvalue weighted by atomic mass is 17.1. The van der Waals surface area contributed by atoms with Crippen LogP contribution in [0.3, 0.4) is 0 Å². The smallest absolute Gasteiger partial charge is 0.111 e. The van der Waals surface area contributed by atoms with Crippen molar-refractivity contribution < 1.29 is 104 Å². The van der Waals surface area contributed by atoms with E-state index in [0.29, 0.717) is 0 Å². The lowest BCUT2D eigenvalue weighted by Gasteiger charge is -2.29. The second kappa shape index (κ2) is 127. The largest absolute Gasteiger partial charge is 0.394 e. The third kappa shape index (κ3) is 102. The second-order valence-corrected chi connectivity index (χ2v) is 9.58. The molecule has 0 rings (SSSR count). The molecule has 0 atom stereocenters. The molecule has 0 bridgehead atoms. The van der Waals surface area contributed by atoms with E-state index in [1.807, 2.05) is 0 Å². The van der Waals surface area contributed by atoms with Crippen LogP contribution in [0, 0.1) is 0 Å². The van der Waals surface area contributed by atoms with Gasteiger partial charge in [0, 0.05) is 0 Å². The van der Waals surface area contributed by atoms with Crippen molar-refractivity contribution in [2.24, 2.45) is 0 Å². The topological polar surface area (TPSA) is 282 Å². The third-order valence-electron chi connectivity index (χ3n) is 5.66. The first-order valence-corrected chi connectivity index (χ1v) is 16.9. The molecule has 0 spiro atoms. The van der Waals surface area contributed by atoms with Crippen LogP contribution in [0.15, 0.2) is 52.6 Å². The predicted molar refractivity (Wildman–Crippen MR) is 306 cm³/mol. The quantitative estimate of drug-likeness (QED) is 0.0123. The molecule has 21 nitrogen and oxygen atoms in total. The monoisotopic (exact) mass is 1070 g/mol. The number of rotatable bonds is 38. The summed E-state index contributed by atoms with van der Waals surface area (Å²) in [6.45, 7) is 21.3. The fourth-order valence-corrected chi connectivity index (χ4v) is 3.53. The van der Waals surface area contributed by atoms with E-state index in [0.717, 1.165) is 0 Å². The van der Waals surface area contributed by atoms with E-state index in [1.165, 1.54) is 0 Å². The molecule has 0 aliphatic carbocycles. The first-order valence-electron chi connectivity index (χ1n) is 16.9. The van der Waals surface area contributed by atoms with Crippen LogP contribution in [0.1, 0.15) is 119 Å². The molecular weight excluding hydrogens is 937 g/mol. The number of aliphatic hydroxyl groups is 4. The van der Waals surface area contributed by atoms with Crippen LogP contribution < -0.4 is 0 Å². The maximum Gasteiger partial charge on any atom is 0.111 e. The van der Waals surface area contributed by atoms with Crippen LogP contribution in [0.25, 0.3) is 0 Å². The highest BCUT2D eigenvalue weighted by Crippen LogP contribution is 2.11. The number of hydrogen-bond acceptors (Lipinski definition) is 21. The SMILES string of the molecule is C.C.C.C.C.C.C.C.C.C.C.C.C.C.C.C.C=C.C=C.C=C.C=C.OCCOCC(COCCO)OCC(COC(COCCO)COCCO)OC(COC(COO)COO)COC(COO)COO. The van der Waals surface area contributed by atoms with E-state index in [1.54, 1.807) is 0 Å². The summed E-state index contributed by atoms with van der Waals surface area (Å²) < 4.78 is 51.1. The van der Waals surface area contributed by atoms with Gasteiger partial charge in [-0.05, 0) is 0 Å². The Morgan fingerprint density at radius 2 is 0.394 bits per heavy atom.